The van der Waals surface area contributed by atoms with E-state index in [0.717, 1.165) is 43.0 Å². The third-order valence-electron chi connectivity index (χ3n) is 5.04. The molecule has 1 fully saturated rings. The molecule has 1 N–H and O–H groups in total. The van der Waals surface area contributed by atoms with Crippen molar-refractivity contribution in [3.8, 4) is 0 Å². The summed E-state index contributed by atoms with van der Waals surface area (Å²) in [5.74, 6) is -0.00739. The molecular weight excluding hydrogens is 346 g/mol. The van der Waals surface area contributed by atoms with Crippen LogP contribution in [0.1, 0.15) is 18.1 Å². The number of nitrogens with one attached hydrogen (secondary N) is 1. The summed E-state index contributed by atoms with van der Waals surface area (Å²) in [7, 11) is 0. The summed E-state index contributed by atoms with van der Waals surface area (Å²) >= 11 is 6.32. The standard InChI is InChI=1S/C21H26ClN3O/c1-15-13-16(2)20(19(22)14-15)23-21(26)17(3)24-9-11-25(12-10-24)18-7-5-4-6-8-18/h4-8,13-14,17H,9-12H2,1-3H3,(H,23,26)/t17-/m1/s1. The zero-order valence-electron chi connectivity index (χ0n) is 15.6. The molecule has 1 amide bonds. The number of anilines is 2. The van der Waals surface area contributed by atoms with Gasteiger partial charge in [-0.25, -0.2) is 0 Å². The molecule has 0 aromatic heterocycles. The second-order valence-electron chi connectivity index (χ2n) is 6.96. The van der Waals surface area contributed by atoms with Gasteiger partial charge in [0.25, 0.3) is 0 Å². The summed E-state index contributed by atoms with van der Waals surface area (Å²) in [4.78, 5) is 17.3. The summed E-state index contributed by atoms with van der Waals surface area (Å²) in [6.07, 6.45) is 0. The van der Waals surface area contributed by atoms with E-state index >= 15 is 0 Å². The fraction of sp³-hybridized carbons (Fsp3) is 0.381. The monoisotopic (exact) mass is 371 g/mol. The number of halogens is 1. The van der Waals surface area contributed by atoms with E-state index in [-0.39, 0.29) is 11.9 Å². The summed E-state index contributed by atoms with van der Waals surface area (Å²) in [6.45, 7) is 9.51. The van der Waals surface area contributed by atoms with Gasteiger partial charge in [0, 0.05) is 31.9 Å². The second-order valence-corrected chi connectivity index (χ2v) is 7.37. The van der Waals surface area contributed by atoms with Gasteiger partial charge in [-0.3, -0.25) is 9.69 Å². The van der Waals surface area contributed by atoms with Gasteiger partial charge in [0.1, 0.15) is 0 Å². The molecule has 0 spiro atoms. The molecule has 5 heteroatoms. The maximum absolute atomic E-state index is 12.7. The third-order valence-corrected chi connectivity index (χ3v) is 5.34. The molecule has 1 aliphatic rings. The molecule has 138 valence electrons. The van der Waals surface area contributed by atoms with Crippen LogP contribution in [-0.4, -0.2) is 43.0 Å². The van der Waals surface area contributed by atoms with E-state index in [2.05, 4.69) is 39.4 Å². The van der Waals surface area contributed by atoms with Gasteiger partial charge in [0.05, 0.1) is 16.8 Å². The molecule has 1 aliphatic heterocycles. The topological polar surface area (TPSA) is 35.6 Å². The smallest absolute Gasteiger partial charge is 0.241 e. The fourth-order valence-corrected chi connectivity index (χ4v) is 3.84. The van der Waals surface area contributed by atoms with Gasteiger partial charge < -0.3 is 10.2 Å². The van der Waals surface area contributed by atoms with Gasteiger partial charge in [-0.15, -0.1) is 0 Å². The normalized spacial score (nSPS) is 16.4. The number of piperazine rings is 1. The van der Waals surface area contributed by atoms with Crippen molar-refractivity contribution in [1.29, 1.82) is 0 Å². The Morgan fingerprint density at radius 1 is 1.08 bits per heavy atom. The third kappa shape index (κ3) is 4.19. The number of para-hydroxylation sites is 1. The lowest BCUT2D eigenvalue weighted by Gasteiger charge is -2.38. The van der Waals surface area contributed by atoms with Crippen molar-refractivity contribution in [2.45, 2.75) is 26.8 Å². The highest BCUT2D eigenvalue weighted by Gasteiger charge is 2.26. The van der Waals surface area contributed by atoms with Crippen LogP contribution in [-0.2, 0) is 4.79 Å². The van der Waals surface area contributed by atoms with E-state index in [9.17, 15) is 4.79 Å². The van der Waals surface area contributed by atoms with Crippen molar-refractivity contribution in [3.05, 3.63) is 58.6 Å². The molecule has 0 bridgehead atoms. The Balaban J connectivity index is 1.60. The Hall–Kier alpha value is -2.04. The maximum atomic E-state index is 12.7. The lowest BCUT2D eigenvalue weighted by Crippen LogP contribution is -2.52. The Labute approximate surface area is 160 Å². The molecule has 0 aliphatic carbocycles. The van der Waals surface area contributed by atoms with E-state index < -0.39 is 0 Å². The van der Waals surface area contributed by atoms with Crippen molar-refractivity contribution in [3.63, 3.8) is 0 Å². The minimum absolute atomic E-state index is 0.00739. The number of aryl methyl sites for hydroxylation is 2. The highest BCUT2D eigenvalue weighted by atomic mass is 35.5. The van der Waals surface area contributed by atoms with Crippen LogP contribution in [0, 0.1) is 13.8 Å². The number of amides is 1. The van der Waals surface area contributed by atoms with E-state index in [4.69, 9.17) is 11.6 Å². The van der Waals surface area contributed by atoms with Crippen LogP contribution in [0.5, 0.6) is 0 Å². The lowest BCUT2D eigenvalue weighted by atomic mass is 10.1. The first-order chi connectivity index (χ1) is 12.5. The molecule has 2 aromatic carbocycles. The number of carbonyl (C=O) groups excluding carboxylic acids is 1. The molecule has 3 rings (SSSR count). The first kappa shape index (κ1) is 18.7. The molecule has 1 atom stereocenters. The van der Waals surface area contributed by atoms with E-state index in [1.807, 2.05) is 39.0 Å². The zero-order valence-corrected chi connectivity index (χ0v) is 16.4. The SMILES string of the molecule is Cc1cc(C)c(NC(=O)[C@@H](C)N2CCN(c3ccccc3)CC2)c(Cl)c1. The minimum Gasteiger partial charge on any atom is -0.369 e. The van der Waals surface area contributed by atoms with Crippen LogP contribution >= 0.6 is 11.6 Å². The number of hydrogen-bond acceptors (Lipinski definition) is 3. The van der Waals surface area contributed by atoms with E-state index in [1.165, 1.54) is 5.69 Å². The summed E-state index contributed by atoms with van der Waals surface area (Å²) < 4.78 is 0. The molecule has 2 aromatic rings. The molecule has 1 saturated heterocycles. The molecule has 4 nitrogen and oxygen atoms in total. The van der Waals surface area contributed by atoms with E-state index in [1.54, 1.807) is 0 Å². The van der Waals surface area contributed by atoms with Crippen LogP contribution < -0.4 is 10.2 Å². The van der Waals surface area contributed by atoms with E-state index in [0.29, 0.717) is 5.02 Å². The minimum atomic E-state index is -0.190. The van der Waals surface area contributed by atoms with Crippen LogP contribution in [0.4, 0.5) is 11.4 Å². The first-order valence-corrected chi connectivity index (χ1v) is 9.45. The Morgan fingerprint density at radius 3 is 2.35 bits per heavy atom. The maximum Gasteiger partial charge on any atom is 0.241 e. The van der Waals surface area contributed by atoms with Gasteiger partial charge in [-0.1, -0.05) is 35.9 Å². The number of benzene rings is 2. The van der Waals surface area contributed by atoms with Crippen LogP contribution in [0.15, 0.2) is 42.5 Å². The molecule has 26 heavy (non-hydrogen) atoms. The molecule has 0 unspecified atom stereocenters. The van der Waals surface area contributed by atoms with Crippen molar-refractivity contribution in [1.82, 2.24) is 4.90 Å². The van der Waals surface area contributed by atoms with Crippen molar-refractivity contribution in [2.75, 3.05) is 36.4 Å². The lowest BCUT2D eigenvalue weighted by molar-refractivity contribution is -0.120. The first-order valence-electron chi connectivity index (χ1n) is 9.07. The Bertz CT molecular complexity index is 747. The zero-order chi connectivity index (χ0) is 18.7. The number of carbonyl (C=O) groups is 1. The average Bonchev–Trinajstić information content (AvgIpc) is 2.64. The van der Waals surface area contributed by atoms with Gasteiger partial charge >= 0.3 is 0 Å². The number of rotatable bonds is 4. The van der Waals surface area contributed by atoms with Gasteiger partial charge in [-0.2, -0.15) is 0 Å². The average molecular weight is 372 g/mol. The second kappa shape index (κ2) is 8.11. The molecule has 1 heterocycles. The van der Waals surface area contributed by atoms with Crippen LogP contribution in [0.2, 0.25) is 5.02 Å². The van der Waals surface area contributed by atoms with Gasteiger partial charge in [0.15, 0.2) is 0 Å². The van der Waals surface area contributed by atoms with Crippen molar-refractivity contribution < 1.29 is 4.79 Å². The molecule has 0 saturated carbocycles. The highest BCUT2D eigenvalue weighted by Crippen LogP contribution is 2.27. The summed E-state index contributed by atoms with van der Waals surface area (Å²) in [5, 5.41) is 3.61. The predicted octanol–water partition coefficient (Wildman–Crippen LogP) is 4.11. The number of nitrogens with zero attached hydrogens (tertiary/aromatic N) is 2. The van der Waals surface area contributed by atoms with Crippen molar-refractivity contribution >= 4 is 28.9 Å². The van der Waals surface area contributed by atoms with Gasteiger partial charge in [-0.05, 0) is 50.1 Å². The molecular formula is C21H26ClN3O. The Kier molecular flexibility index (Phi) is 5.84. The fourth-order valence-electron chi connectivity index (χ4n) is 3.47. The summed E-state index contributed by atoms with van der Waals surface area (Å²) in [5.41, 5.74) is 4.04. The van der Waals surface area contributed by atoms with Gasteiger partial charge in [0.2, 0.25) is 5.91 Å². The number of hydrogen-bond donors (Lipinski definition) is 1. The largest absolute Gasteiger partial charge is 0.369 e. The van der Waals surface area contributed by atoms with Crippen LogP contribution in [0.25, 0.3) is 0 Å². The quantitative estimate of drug-likeness (QED) is 0.878. The van der Waals surface area contributed by atoms with Crippen molar-refractivity contribution in [2.24, 2.45) is 0 Å². The van der Waals surface area contributed by atoms with Crippen LogP contribution in [0.3, 0.4) is 0 Å². The summed E-state index contributed by atoms with van der Waals surface area (Å²) in [6, 6.07) is 14.1. The predicted molar refractivity (Wildman–Crippen MR) is 109 cm³/mol. The Morgan fingerprint density at radius 2 is 1.73 bits per heavy atom. The highest BCUT2D eigenvalue weighted by molar-refractivity contribution is 6.34. The molecule has 0 radical (unpaired) electrons.